The Kier molecular flexibility index (Phi) is 8.14. The first kappa shape index (κ1) is 28.7. The maximum atomic E-state index is 13.6. The van der Waals surface area contributed by atoms with E-state index in [4.69, 9.17) is 15.8 Å². The molecule has 0 saturated carbocycles. The number of nitrogens with zero attached hydrogens (tertiary/aromatic N) is 2. The minimum absolute atomic E-state index is 0.0459. The van der Waals surface area contributed by atoms with E-state index in [0.717, 1.165) is 9.80 Å². The number of benzene rings is 4. The Labute approximate surface area is 257 Å². The van der Waals surface area contributed by atoms with Gasteiger partial charge in [-0.05, 0) is 104 Å². The van der Waals surface area contributed by atoms with Crippen LogP contribution in [-0.4, -0.2) is 26.3 Å². The summed E-state index contributed by atoms with van der Waals surface area (Å²) in [6.45, 7) is 0. The Morgan fingerprint density at radius 3 is 1.63 bits per heavy atom. The van der Waals surface area contributed by atoms with E-state index >= 15 is 0 Å². The summed E-state index contributed by atoms with van der Waals surface area (Å²) in [6.07, 6.45) is 1.33. The van der Waals surface area contributed by atoms with Crippen molar-refractivity contribution in [3.8, 4) is 5.75 Å². The summed E-state index contributed by atoms with van der Waals surface area (Å²) in [5, 5.41) is 0.369. The third kappa shape index (κ3) is 5.84. The maximum absolute atomic E-state index is 13.6. The molecule has 5 rings (SSSR count). The van der Waals surface area contributed by atoms with Gasteiger partial charge in [0.15, 0.2) is 5.75 Å². The summed E-state index contributed by atoms with van der Waals surface area (Å²) in [5.41, 5.74) is 0.659. The van der Waals surface area contributed by atoms with E-state index in [0.29, 0.717) is 22.0 Å². The molecule has 1 aliphatic rings. The second-order valence-corrected chi connectivity index (χ2v) is 12.3. The van der Waals surface area contributed by atoms with Crippen LogP contribution in [0.2, 0.25) is 5.02 Å². The van der Waals surface area contributed by atoms with Gasteiger partial charge in [-0.15, -0.1) is 0 Å². The molecule has 0 atom stereocenters. The van der Waals surface area contributed by atoms with Gasteiger partial charge in [0.25, 0.3) is 11.8 Å². The van der Waals surface area contributed by atoms with Crippen LogP contribution in [-0.2, 0) is 19.7 Å². The van der Waals surface area contributed by atoms with Crippen LogP contribution < -0.4 is 14.0 Å². The number of barbiturate groups is 1. The molecule has 0 N–H and O–H groups in total. The minimum Gasteiger partial charge on any atom is -0.377 e. The van der Waals surface area contributed by atoms with Gasteiger partial charge in [-0.1, -0.05) is 48.0 Å². The van der Waals surface area contributed by atoms with E-state index in [1.165, 1.54) is 42.5 Å². The zero-order valence-electron chi connectivity index (χ0n) is 20.7. The van der Waals surface area contributed by atoms with E-state index in [9.17, 15) is 22.8 Å². The standard InChI is InChI=1S/C29H17Br2ClN2O6S/c30-24-16-18(17-25(31)26(24)40-41(38,39)22-13-11-19(32)12-14-22)15-23-27(35)33(20-7-3-1-4-8-20)29(37)34(28(23)36)21-9-5-2-6-10-21/h1-17H. The van der Waals surface area contributed by atoms with Gasteiger partial charge in [0.05, 0.1) is 20.3 Å². The van der Waals surface area contributed by atoms with Crippen molar-refractivity contribution in [1.82, 2.24) is 0 Å². The van der Waals surface area contributed by atoms with Crippen molar-refractivity contribution in [1.29, 1.82) is 0 Å². The summed E-state index contributed by atoms with van der Waals surface area (Å²) in [4.78, 5) is 42.4. The highest BCUT2D eigenvalue weighted by atomic mass is 79.9. The van der Waals surface area contributed by atoms with E-state index in [1.54, 1.807) is 60.7 Å². The van der Waals surface area contributed by atoms with E-state index in [-0.39, 0.29) is 25.2 Å². The lowest BCUT2D eigenvalue weighted by molar-refractivity contribution is -0.121. The van der Waals surface area contributed by atoms with Gasteiger partial charge in [0.1, 0.15) is 10.5 Å². The molecule has 0 spiro atoms. The second kappa shape index (κ2) is 11.6. The quantitative estimate of drug-likeness (QED) is 0.119. The zero-order valence-corrected chi connectivity index (χ0v) is 25.4. The van der Waals surface area contributed by atoms with Crippen LogP contribution >= 0.6 is 43.5 Å². The summed E-state index contributed by atoms with van der Waals surface area (Å²) < 4.78 is 31.5. The lowest BCUT2D eigenvalue weighted by Crippen LogP contribution is -2.57. The molecular formula is C29H17Br2ClN2O6S. The number of carbonyl (C=O) groups is 3. The molecule has 41 heavy (non-hydrogen) atoms. The molecular weight excluding hydrogens is 700 g/mol. The Morgan fingerprint density at radius 2 is 1.17 bits per heavy atom. The molecule has 1 aliphatic heterocycles. The van der Waals surface area contributed by atoms with Crippen molar-refractivity contribution in [2.24, 2.45) is 0 Å². The van der Waals surface area contributed by atoms with Crippen molar-refractivity contribution in [2.45, 2.75) is 4.90 Å². The molecule has 4 aromatic carbocycles. The summed E-state index contributed by atoms with van der Waals surface area (Å²) in [7, 11) is -4.21. The Bertz CT molecular complexity index is 1730. The molecule has 0 aliphatic carbocycles. The minimum atomic E-state index is -4.21. The first-order chi connectivity index (χ1) is 19.6. The highest BCUT2D eigenvalue weighted by Crippen LogP contribution is 2.38. The summed E-state index contributed by atoms with van der Waals surface area (Å²) >= 11 is 12.5. The monoisotopic (exact) mass is 714 g/mol. The number of para-hydroxylation sites is 2. The summed E-state index contributed by atoms with van der Waals surface area (Å²) in [5.74, 6) is -1.66. The van der Waals surface area contributed by atoms with Gasteiger partial charge in [-0.3, -0.25) is 9.59 Å². The molecule has 1 heterocycles. The van der Waals surface area contributed by atoms with Crippen molar-refractivity contribution in [3.63, 3.8) is 0 Å². The van der Waals surface area contributed by atoms with Gasteiger partial charge in [0, 0.05) is 5.02 Å². The Balaban J connectivity index is 1.55. The van der Waals surface area contributed by atoms with E-state index in [2.05, 4.69) is 31.9 Å². The molecule has 206 valence electrons. The van der Waals surface area contributed by atoms with Crippen LogP contribution in [0.5, 0.6) is 5.75 Å². The number of anilines is 2. The highest BCUT2D eigenvalue weighted by molar-refractivity contribution is 9.11. The molecule has 4 aromatic rings. The first-order valence-corrected chi connectivity index (χ1v) is 15.2. The third-order valence-corrected chi connectivity index (χ3v) is 8.57. The lowest BCUT2D eigenvalue weighted by atomic mass is 10.0. The fraction of sp³-hybridized carbons (Fsp3) is 0. The van der Waals surface area contributed by atoms with Gasteiger partial charge < -0.3 is 4.18 Å². The molecule has 0 bridgehead atoms. The number of hydrogen-bond donors (Lipinski definition) is 0. The first-order valence-electron chi connectivity index (χ1n) is 11.8. The molecule has 4 amide bonds. The maximum Gasteiger partial charge on any atom is 0.343 e. The topological polar surface area (TPSA) is 101 Å². The Hall–Kier alpha value is -3.77. The SMILES string of the molecule is O=C1C(=Cc2cc(Br)c(OS(=O)(=O)c3ccc(Cl)cc3)c(Br)c2)C(=O)N(c2ccccc2)C(=O)N1c1ccccc1. The van der Waals surface area contributed by atoms with Crippen molar-refractivity contribution in [3.05, 3.63) is 122 Å². The van der Waals surface area contributed by atoms with E-state index in [1.807, 2.05) is 0 Å². The largest absolute Gasteiger partial charge is 0.377 e. The lowest BCUT2D eigenvalue weighted by Gasteiger charge is -2.33. The molecule has 12 heteroatoms. The van der Waals surface area contributed by atoms with Crippen molar-refractivity contribution < 1.29 is 27.0 Å². The predicted molar refractivity (Wildman–Crippen MR) is 162 cm³/mol. The fourth-order valence-corrected chi connectivity index (χ4v) is 6.70. The number of halogens is 3. The molecule has 1 fully saturated rings. The molecule has 0 aromatic heterocycles. The number of urea groups is 1. The molecule has 0 unspecified atom stereocenters. The van der Waals surface area contributed by atoms with Crippen LogP contribution in [0.1, 0.15) is 5.56 Å². The van der Waals surface area contributed by atoms with Crippen molar-refractivity contribution >= 4 is 88.9 Å². The zero-order chi connectivity index (χ0) is 29.3. The van der Waals surface area contributed by atoms with Gasteiger partial charge >= 0.3 is 16.1 Å². The van der Waals surface area contributed by atoms with Crippen LogP contribution in [0.4, 0.5) is 16.2 Å². The van der Waals surface area contributed by atoms with Crippen LogP contribution in [0.25, 0.3) is 6.08 Å². The average molecular weight is 717 g/mol. The third-order valence-electron chi connectivity index (χ3n) is 5.91. The van der Waals surface area contributed by atoms with Crippen molar-refractivity contribution in [2.75, 3.05) is 9.80 Å². The van der Waals surface area contributed by atoms with Gasteiger partial charge in [-0.25, -0.2) is 14.6 Å². The van der Waals surface area contributed by atoms with E-state index < -0.39 is 28.0 Å². The number of carbonyl (C=O) groups excluding carboxylic acids is 3. The highest BCUT2D eigenvalue weighted by Gasteiger charge is 2.43. The van der Waals surface area contributed by atoms with Crippen LogP contribution in [0.15, 0.2) is 116 Å². The average Bonchev–Trinajstić information content (AvgIpc) is 2.94. The Morgan fingerprint density at radius 1 is 0.707 bits per heavy atom. The molecule has 8 nitrogen and oxygen atoms in total. The molecule has 1 saturated heterocycles. The van der Waals surface area contributed by atoms with Crippen LogP contribution in [0, 0.1) is 0 Å². The normalized spacial score (nSPS) is 13.9. The van der Waals surface area contributed by atoms with Gasteiger partial charge in [0.2, 0.25) is 0 Å². The number of imide groups is 2. The summed E-state index contributed by atoms with van der Waals surface area (Å²) in [6, 6.07) is 24.2. The fourth-order valence-electron chi connectivity index (χ4n) is 4.01. The predicted octanol–water partition coefficient (Wildman–Crippen LogP) is 7.22. The van der Waals surface area contributed by atoms with Gasteiger partial charge in [-0.2, -0.15) is 8.42 Å². The molecule has 0 radical (unpaired) electrons. The second-order valence-electron chi connectivity index (χ2n) is 8.60. The smallest absolute Gasteiger partial charge is 0.343 e. The number of hydrogen-bond acceptors (Lipinski definition) is 6. The number of amides is 4. The number of rotatable bonds is 6. The van der Waals surface area contributed by atoms with Crippen LogP contribution in [0.3, 0.4) is 0 Å².